The van der Waals surface area contributed by atoms with Gasteiger partial charge in [-0.05, 0) is 30.0 Å². The summed E-state index contributed by atoms with van der Waals surface area (Å²) < 4.78 is 0. The van der Waals surface area contributed by atoms with Crippen LogP contribution in [0.25, 0.3) is 0 Å². The van der Waals surface area contributed by atoms with Gasteiger partial charge in [0, 0.05) is 24.0 Å². The second kappa shape index (κ2) is 6.57. The molecular formula is C20H18N2OS. The molecule has 4 rings (SSSR count). The minimum atomic E-state index is 0.0118. The lowest BCUT2D eigenvalue weighted by Gasteiger charge is -2.28. The second-order valence-electron chi connectivity index (χ2n) is 5.98. The zero-order valence-electron chi connectivity index (χ0n) is 13.3. The molecule has 0 atom stereocenters. The summed E-state index contributed by atoms with van der Waals surface area (Å²) in [6.45, 7) is 0.765. The third-order valence-electron chi connectivity index (χ3n) is 4.32. The Balaban J connectivity index is 1.56. The standard InChI is InChI=1S/C20H18N2OS/c23-20(22-12-6-10-16-9-4-5-11-18(16)22)17-14-24-19(21-17)13-15-7-2-1-3-8-15/h1-5,7-9,11,14H,6,10,12-13H2. The Bertz CT molecular complexity index is 857. The number of thiazole rings is 1. The van der Waals surface area contributed by atoms with E-state index in [1.165, 1.54) is 11.1 Å². The summed E-state index contributed by atoms with van der Waals surface area (Å²) in [4.78, 5) is 19.4. The average molecular weight is 334 g/mol. The smallest absolute Gasteiger partial charge is 0.277 e. The normalized spacial score (nSPS) is 13.6. The van der Waals surface area contributed by atoms with Crippen molar-refractivity contribution in [1.82, 2.24) is 4.98 Å². The molecule has 1 aliphatic heterocycles. The van der Waals surface area contributed by atoms with Crippen LogP contribution in [-0.2, 0) is 12.8 Å². The average Bonchev–Trinajstić information content (AvgIpc) is 3.10. The summed E-state index contributed by atoms with van der Waals surface area (Å²) in [5.74, 6) is 0.0118. The quantitative estimate of drug-likeness (QED) is 0.714. The molecule has 0 unspecified atom stereocenters. The Labute approximate surface area is 145 Å². The summed E-state index contributed by atoms with van der Waals surface area (Å²) in [7, 11) is 0. The second-order valence-corrected chi connectivity index (χ2v) is 6.92. The Hall–Kier alpha value is -2.46. The number of hydrogen-bond acceptors (Lipinski definition) is 3. The molecule has 0 N–H and O–H groups in total. The number of aromatic nitrogens is 1. The van der Waals surface area contributed by atoms with E-state index >= 15 is 0 Å². The third-order valence-corrected chi connectivity index (χ3v) is 5.17. The van der Waals surface area contributed by atoms with Crippen molar-refractivity contribution in [1.29, 1.82) is 0 Å². The van der Waals surface area contributed by atoms with Crippen molar-refractivity contribution in [3.63, 3.8) is 0 Å². The van der Waals surface area contributed by atoms with Gasteiger partial charge in [0.15, 0.2) is 0 Å². The highest BCUT2D eigenvalue weighted by Crippen LogP contribution is 2.28. The van der Waals surface area contributed by atoms with Crippen molar-refractivity contribution in [2.24, 2.45) is 0 Å². The van der Waals surface area contributed by atoms with Crippen LogP contribution in [0.5, 0.6) is 0 Å². The van der Waals surface area contributed by atoms with Gasteiger partial charge in [0.25, 0.3) is 5.91 Å². The number of carbonyl (C=O) groups excluding carboxylic acids is 1. The zero-order chi connectivity index (χ0) is 16.4. The summed E-state index contributed by atoms with van der Waals surface area (Å²) in [6.07, 6.45) is 2.81. The first kappa shape index (κ1) is 15.1. The predicted octanol–water partition coefficient (Wildman–Crippen LogP) is 4.33. The van der Waals surface area contributed by atoms with E-state index < -0.39 is 0 Å². The molecule has 0 aliphatic carbocycles. The third kappa shape index (κ3) is 2.97. The molecule has 0 bridgehead atoms. The number of para-hydroxylation sites is 1. The summed E-state index contributed by atoms with van der Waals surface area (Å²) in [5, 5.41) is 2.87. The summed E-state index contributed by atoms with van der Waals surface area (Å²) in [6, 6.07) is 18.4. The first-order valence-electron chi connectivity index (χ1n) is 8.19. The monoisotopic (exact) mass is 334 g/mol. The fraction of sp³-hybridized carbons (Fsp3) is 0.200. The van der Waals surface area contributed by atoms with Crippen LogP contribution in [0.3, 0.4) is 0 Å². The van der Waals surface area contributed by atoms with Gasteiger partial charge in [-0.25, -0.2) is 4.98 Å². The van der Waals surface area contributed by atoms with Gasteiger partial charge in [0.05, 0.1) is 5.01 Å². The van der Waals surface area contributed by atoms with E-state index in [1.807, 2.05) is 46.7 Å². The van der Waals surface area contributed by atoms with E-state index in [1.54, 1.807) is 11.3 Å². The van der Waals surface area contributed by atoms with Crippen LogP contribution in [0.15, 0.2) is 60.0 Å². The minimum Gasteiger partial charge on any atom is -0.307 e. The van der Waals surface area contributed by atoms with E-state index in [0.717, 1.165) is 36.5 Å². The maximum atomic E-state index is 12.9. The van der Waals surface area contributed by atoms with E-state index in [9.17, 15) is 4.79 Å². The number of carbonyl (C=O) groups is 1. The number of hydrogen-bond donors (Lipinski definition) is 0. The highest BCUT2D eigenvalue weighted by atomic mass is 32.1. The zero-order valence-corrected chi connectivity index (χ0v) is 14.1. The van der Waals surface area contributed by atoms with Crippen molar-refractivity contribution in [2.75, 3.05) is 11.4 Å². The van der Waals surface area contributed by atoms with Gasteiger partial charge in [0.1, 0.15) is 5.69 Å². The van der Waals surface area contributed by atoms with E-state index in [2.05, 4.69) is 23.2 Å². The molecule has 0 fully saturated rings. The molecule has 3 nitrogen and oxygen atoms in total. The van der Waals surface area contributed by atoms with Crippen LogP contribution in [-0.4, -0.2) is 17.4 Å². The lowest BCUT2D eigenvalue weighted by molar-refractivity contribution is 0.0981. The molecule has 4 heteroatoms. The van der Waals surface area contributed by atoms with Gasteiger partial charge in [-0.3, -0.25) is 4.79 Å². The molecule has 1 aromatic heterocycles. The molecule has 0 saturated carbocycles. The number of aryl methyl sites for hydroxylation is 1. The van der Waals surface area contributed by atoms with Crippen LogP contribution in [0.2, 0.25) is 0 Å². The Kier molecular flexibility index (Phi) is 4.13. The molecule has 2 aromatic carbocycles. The number of amides is 1. The van der Waals surface area contributed by atoms with Crippen LogP contribution >= 0.6 is 11.3 Å². The maximum Gasteiger partial charge on any atom is 0.277 e. The number of rotatable bonds is 3. The predicted molar refractivity (Wildman–Crippen MR) is 97.8 cm³/mol. The van der Waals surface area contributed by atoms with Gasteiger partial charge in [-0.2, -0.15) is 0 Å². The SMILES string of the molecule is O=C(c1csc(Cc2ccccc2)n1)N1CCCc2ccccc21. The van der Waals surface area contributed by atoms with Crippen molar-refractivity contribution in [2.45, 2.75) is 19.3 Å². The van der Waals surface area contributed by atoms with Crippen LogP contribution in [0.4, 0.5) is 5.69 Å². The molecule has 120 valence electrons. The molecule has 1 amide bonds. The topological polar surface area (TPSA) is 33.2 Å². The largest absolute Gasteiger partial charge is 0.307 e. The molecule has 0 saturated heterocycles. The Morgan fingerprint density at radius 3 is 2.75 bits per heavy atom. The van der Waals surface area contributed by atoms with Crippen molar-refractivity contribution in [3.05, 3.63) is 81.8 Å². The molecule has 3 aromatic rings. The molecule has 2 heterocycles. The lowest BCUT2D eigenvalue weighted by Crippen LogP contribution is -2.35. The van der Waals surface area contributed by atoms with Crippen molar-refractivity contribution >= 4 is 22.9 Å². The fourth-order valence-corrected chi connectivity index (χ4v) is 3.95. The van der Waals surface area contributed by atoms with E-state index in [-0.39, 0.29) is 5.91 Å². The van der Waals surface area contributed by atoms with Gasteiger partial charge in [0.2, 0.25) is 0 Å². The highest BCUT2D eigenvalue weighted by molar-refractivity contribution is 7.09. The van der Waals surface area contributed by atoms with Gasteiger partial charge < -0.3 is 4.90 Å². The van der Waals surface area contributed by atoms with Crippen molar-refractivity contribution in [3.8, 4) is 0 Å². The number of fused-ring (bicyclic) bond motifs is 1. The summed E-state index contributed by atoms with van der Waals surface area (Å²) >= 11 is 1.56. The minimum absolute atomic E-state index is 0.0118. The molecular weight excluding hydrogens is 316 g/mol. The van der Waals surface area contributed by atoms with E-state index in [0.29, 0.717) is 5.69 Å². The fourth-order valence-electron chi connectivity index (χ4n) is 3.14. The van der Waals surface area contributed by atoms with Gasteiger partial charge in [-0.1, -0.05) is 48.5 Å². The van der Waals surface area contributed by atoms with Gasteiger partial charge in [-0.15, -0.1) is 11.3 Å². The first-order valence-corrected chi connectivity index (χ1v) is 9.07. The highest BCUT2D eigenvalue weighted by Gasteiger charge is 2.24. The van der Waals surface area contributed by atoms with Crippen LogP contribution in [0.1, 0.15) is 33.0 Å². The van der Waals surface area contributed by atoms with E-state index in [4.69, 9.17) is 0 Å². The first-order chi connectivity index (χ1) is 11.8. The van der Waals surface area contributed by atoms with Crippen LogP contribution < -0.4 is 4.90 Å². The summed E-state index contributed by atoms with van der Waals surface area (Å²) in [5.41, 5.74) is 4.06. The van der Waals surface area contributed by atoms with Gasteiger partial charge >= 0.3 is 0 Å². The molecule has 0 spiro atoms. The lowest BCUT2D eigenvalue weighted by atomic mass is 10.0. The molecule has 0 radical (unpaired) electrons. The molecule has 24 heavy (non-hydrogen) atoms. The maximum absolute atomic E-state index is 12.9. The number of nitrogens with zero attached hydrogens (tertiary/aromatic N) is 2. The molecule has 1 aliphatic rings. The Morgan fingerprint density at radius 2 is 1.88 bits per heavy atom. The van der Waals surface area contributed by atoms with Crippen molar-refractivity contribution < 1.29 is 4.79 Å². The van der Waals surface area contributed by atoms with Crippen LogP contribution in [0, 0.1) is 0 Å². The number of anilines is 1. The number of benzene rings is 2. The Morgan fingerprint density at radius 1 is 1.08 bits per heavy atom.